The summed E-state index contributed by atoms with van der Waals surface area (Å²) in [5.74, 6) is -0.163. The molecule has 0 spiro atoms. The number of benzene rings is 1. The number of hydrogen-bond donors (Lipinski definition) is 1. The van der Waals surface area contributed by atoms with Crippen molar-refractivity contribution in [3.8, 4) is 11.6 Å². The van der Waals surface area contributed by atoms with E-state index >= 15 is 0 Å². The molecule has 1 amide bonds. The minimum absolute atomic E-state index is 0.00867. The van der Waals surface area contributed by atoms with Crippen LogP contribution < -0.4 is 19.6 Å². The highest BCUT2D eigenvalue weighted by Gasteiger charge is 2.36. The van der Waals surface area contributed by atoms with E-state index in [0.29, 0.717) is 18.8 Å². The average Bonchev–Trinajstić information content (AvgIpc) is 3.18. The molecule has 2 aromatic rings. The molecule has 1 aromatic heterocycles. The van der Waals surface area contributed by atoms with Gasteiger partial charge in [-0.05, 0) is 42.8 Å². The van der Waals surface area contributed by atoms with Crippen molar-refractivity contribution in [2.24, 2.45) is 5.73 Å². The van der Waals surface area contributed by atoms with Crippen molar-refractivity contribution in [1.82, 2.24) is 4.98 Å². The molecule has 1 unspecified atom stereocenters. The van der Waals surface area contributed by atoms with Gasteiger partial charge < -0.3 is 24.3 Å². The number of carbonyl (C=O) groups is 1. The summed E-state index contributed by atoms with van der Waals surface area (Å²) in [7, 11) is 1.32. The van der Waals surface area contributed by atoms with Gasteiger partial charge in [0.05, 0.1) is 42.6 Å². The van der Waals surface area contributed by atoms with E-state index in [1.54, 1.807) is 4.90 Å². The van der Waals surface area contributed by atoms with Crippen LogP contribution >= 0.6 is 12.0 Å². The van der Waals surface area contributed by atoms with Crippen LogP contribution in [0.25, 0.3) is 0 Å². The van der Waals surface area contributed by atoms with Crippen LogP contribution in [0.2, 0.25) is 0 Å². The SMILES string of the molecule is COc1nc(N2CC(SOc3ccc(C(F)(F)F)cc3)C[C@H]2COC(F)F)ccc1C(N)=O. The zero-order chi connectivity index (χ0) is 24.2. The van der Waals surface area contributed by atoms with Crippen LogP contribution in [-0.4, -0.2) is 49.1 Å². The second kappa shape index (κ2) is 10.4. The molecule has 180 valence electrons. The van der Waals surface area contributed by atoms with Crippen molar-refractivity contribution in [1.29, 1.82) is 0 Å². The van der Waals surface area contributed by atoms with Gasteiger partial charge in [0.15, 0.2) is 0 Å². The highest BCUT2D eigenvalue weighted by atomic mass is 32.2. The second-order valence-corrected chi connectivity index (χ2v) is 8.08. The molecule has 2 heterocycles. The number of amides is 1. The normalized spacial score (nSPS) is 18.6. The summed E-state index contributed by atoms with van der Waals surface area (Å²) >= 11 is 1.01. The highest BCUT2D eigenvalue weighted by Crippen LogP contribution is 2.35. The Morgan fingerprint density at radius 2 is 1.94 bits per heavy atom. The van der Waals surface area contributed by atoms with Gasteiger partial charge in [-0.25, -0.2) is 0 Å². The number of hydrogen-bond acceptors (Lipinski definition) is 7. The van der Waals surface area contributed by atoms with Crippen molar-refractivity contribution in [2.75, 3.05) is 25.2 Å². The molecule has 1 fully saturated rings. The zero-order valence-electron chi connectivity index (χ0n) is 17.2. The summed E-state index contributed by atoms with van der Waals surface area (Å²) in [5.41, 5.74) is 4.57. The number of nitrogens with two attached hydrogens (primary N) is 1. The van der Waals surface area contributed by atoms with E-state index in [-0.39, 0.29) is 29.0 Å². The van der Waals surface area contributed by atoms with E-state index in [0.717, 1.165) is 24.2 Å². The van der Waals surface area contributed by atoms with Gasteiger partial charge in [-0.15, -0.1) is 0 Å². The molecular formula is C20H20F5N3O4S. The number of halogens is 5. The van der Waals surface area contributed by atoms with Crippen LogP contribution in [0.1, 0.15) is 22.3 Å². The lowest BCUT2D eigenvalue weighted by molar-refractivity contribution is -0.137. The van der Waals surface area contributed by atoms with Gasteiger partial charge in [-0.1, -0.05) is 0 Å². The molecule has 1 saturated heterocycles. The van der Waals surface area contributed by atoms with E-state index in [1.165, 1.54) is 31.4 Å². The van der Waals surface area contributed by atoms with Crippen molar-refractivity contribution < 1.29 is 40.4 Å². The number of methoxy groups -OCH3 is 1. The minimum Gasteiger partial charge on any atom is -0.480 e. The molecule has 7 nitrogen and oxygen atoms in total. The lowest BCUT2D eigenvalue weighted by atomic mass is 10.2. The van der Waals surface area contributed by atoms with Gasteiger partial charge in [-0.2, -0.15) is 26.9 Å². The van der Waals surface area contributed by atoms with Crippen LogP contribution in [0.5, 0.6) is 11.6 Å². The van der Waals surface area contributed by atoms with Crippen molar-refractivity contribution >= 4 is 23.8 Å². The Kier molecular flexibility index (Phi) is 7.84. The molecule has 0 radical (unpaired) electrons. The number of alkyl halides is 5. The Labute approximate surface area is 190 Å². The van der Waals surface area contributed by atoms with Crippen LogP contribution in [0.3, 0.4) is 0 Å². The summed E-state index contributed by atoms with van der Waals surface area (Å²) in [6.45, 7) is -2.94. The molecule has 13 heteroatoms. The van der Waals surface area contributed by atoms with E-state index in [4.69, 9.17) is 14.7 Å². The first-order valence-corrected chi connectivity index (χ1v) is 10.4. The van der Waals surface area contributed by atoms with E-state index in [9.17, 15) is 26.7 Å². The molecule has 0 saturated carbocycles. The Morgan fingerprint density at radius 3 is 2.52 bits per heavy atom. The second-order valence-electron chi connectivity index (χ2n) is 7.05. The van der Waals surface area contributed by atoms with Crippen molar-refractivity contribution in [3.63, 3.8) is 0 Å². The molecule has 0 aliphatic carbocycles. The van der Waals surface area contributed by atoms with Crippen LogP contribution in [0.4, 0.5) is 27.8 Å². The maximum absolute atomic E-state index is 12.7. The number of rotatable bonds is 9. The number of pyridine rings is 1. The number of carbonyl (C=O) groups excluding carboxylic acids is 1. The maximum Gasteiger partial charge on any atom is 0.416 e. The smallest absolute Gasteiger partial charge is 0.416 e. The van der Waals surface area contributed by atoms with Gasteiger partial charge in [0.2, 0.25) is 5.88 Å². The maximum atomic E-state index is 12.7. The molecule has 1 aliphatic heterocycles. The Balaban J connectivity index is 1.72. The zero-order valence-corrected chi connectivity index (χ0v) is 18.0. The Bertz CT molecular complexity index is 962. The highest BCUT2D eigenvalue weighted by molar-refractivity contribution is 7.95. The summed E-state index contributed by atoms with van der Waals surface area (Å²) < 4.78 is 78.5. The molecule has 2 N–H and O–H groups in total. The predicted molar refractivity (Wildman–Crippen MR) is 110 cm³/mol. The van der Waals surface area contributed by atoms with Crippen LogP contribution in [0.15, 0.2) is 36.4 Å². The van der Waals surface area contributed by atoms with Crippen LogP contribution in [-0.2, 0) is 10.9 Å². The van der Waals surface area contributed by atoms with Gasteiger partial charge in [0.25, 0.3) is 5.91 Å². The quantitative estimate of drug-likeness (QED) is 0.415. The summed E-state index contributed by atoms with van der Waals surface area (Å²) in [6.07, 6.45) is -4.08. The van der Waals surface area contributed by atoms with E-state index < -0.39 is 30.3 Å². The molecular weight excluding hydrogens is 473 g/mol. The topological polar surface area (TPSA) is 86.9 Å². The molecule has 0 bridgehead atoms. The summed E-state index contributed by atoms with van der Waals surface area (Å²) in [6, 6.07) is 6.67. The van der Waals surface area contributed by atoms with Crippen molar-refractivity contribution in [3.05, 3.63) is 47.5 Å². The Hall–Kier alpha value is -2.80. The fourth-order valence-corrected chi connectivity index (χ4v) is 4.20. The number of primary amides is 1. The largest absolute Gasteiger partial charge is 0.480 e. The summed E-state index contributed by atoms with van der Waals surface area (Å²) in [5, 5.41) is -0.234. The first-order chi connectivity index (χ1) is 15.6. The van der Waals surface area contributed by atoms with Gasteiger partial charge in [0.1, 0.15) is 17.1 Å². The van der Waals surface area contributed by atoms with Gasteiger partial charge >= 0.3 is 12.8 Å². The fraction of sp³-hybridized carbons (Fsp3) is 0.400. The monoisotopic (exact) mass is 493 g/mol. The third kappa shape index (κ3) is 6.38. The van der Waals surface area contributed by atoms with Gasteiger partial charge in [-0.3, -0.25) is 4.79 Å². The molecule has 3 rings (SSSR count). The first-order valence-electron chi connectivity index (χ1n) is 9.60. The molecule has 33 heavy (non-hydrogen) atoms. The standard InChI is InChI=1S/C20H20F5N3O4S/c1-30-18-15(17(26)29)6-7-16(27-18)28-9-14(8-12(28)10-31-19(21)22)33-32-13-4-2-11(3-5-13)20(23,24)25/h2-7,12,14,19H,8-10H2,1H3,(H2,26,29)/t12-,14?/m0/s1. The number of anilines is 1. The predicted octanol–water partition coefficient (Wildman–Crippen LogP) is 4.12. The molecule has 1 aliphatic rings. The average molecular weight is 493 g/mol. The van der Waals surface area contributed by atoms with Gasteiger partial charge in [0, 0.05) is 6.54 Å². The van der Waals surface area contributed by atoms with E-state index in [1.807, 2.05) is 0 Å². The number of aromatic nitrogens is 1. The number of nitrogens with zero attached hydrogens (tertiary/aromatic N) is 2. The molecule has 2 atom stereocenters. The van der Waals surface area contributed by atoms with Crippen molar-refractivity contribution in [2.45, 2.75) is 30.5 Å². The lowest BCUT2D eigenvalue weighted by Crippen LogP contribution is -2.34. The third-order valence-corrected chi connectivity index (χ3v) is 5.75. The lowest BCUT2D eigenvalue weighted by Gasteiger charge is -2.25. The minimum atomic E-state index is -4.45. The number of ether oxygens (including phenoxy) is 2. The molecule has 1 aromatic carbocycles. The third-order valence-electron chi connectivity index (χ3n) is 4.85. The van der Waals surface area contributed by atoms with E-state index in [2.05, 4.69) is 9.72 Å². The van der Waals surface area contributed by atoms with Crippen LogP contribution in [0, 0.1) is 0 Å². The summed E-state index contributed by atoms with van der Waals surface area (Å²) in [4.78, 5) is 17.5. The first kappa shape index (κ1) is 24.8. The Morgan fingerprint density at radius 1 is 1.24 bits per heavy atom. The fourth-order valence-electron chi connectivity index (χ4n) is 3.32.